The Morgan fingerprint density at radius 3 is 3.06 bits per heavy atom. The first kappa shape index (κ1) is 9.98. The van der Waals surface area contributed by atoms with Crippen LogP contribution < -0.4 is 0 Å². The summed E-state index contributed by atoms with van der Waals surface area (Å²) in [7, 11) is 0. The molecule has 0 aliphatic heterocycles. The van der Waals surface area contributed by atoms with Crippen LogP contribution in [0.25, 0.3) is 11.0 Å². The third kappa shape index (κ3) is 1.68. The van der Waals surface area contributed by atoms with Gasteiger partial charge >= 0.3 is 0 Å². The molecule has 0 fully saturated rings. The van der Waals surface area contributed by atoms with Gasteiger partial charge in [-0.15, -0.1) is 0 Å². The quantitative estimate of drug-likeness (QED) is 0.725. The molecule has 0 radical (unpaired) electrons. The lowest BCUT2D eigenvalue weighted by Gasteiger charge is -1.99. The molecule has 0 atom stereocenters. The van der Waals surface area contributed by atoms with Crippen molar-refractivity contribution in [1.82, 2.24) is 19.7 Å². The number of rotatable bonds is 3. The molecule has 0 spiro atoms. The summed E-state index contributed by atoms with van der Waals surface area (Å²) in [6.07, 6.45) is 4.87. The van der Waals surface area contributed by atoms with Gasteiger partial charge in [0.1, 0.15) is 5.65 Å². The smallest absolute Gasteiger partial charge is 0.213 e. The van der Waals surface area contributed by atoms with E-state index in [4.69, 9.17) is 0 Å². The molecule has 1 N–H and O–H groups in total. The van der Waals surface area contributed by atoms with E-state index >= 15 is 0 Å². The number of fused-ring (bicyclic) bond motifs is 1. The lowest BCUT2D eigenvalue weighted by molar-refractivity contribution is 0.283. The van der Waals surface area contributed by atoms with Gasteiger partial charge in [-0.1, -0.05) is 5.16 Å². The van der Waals surface area contributed by atoms with E-state index in [9.17, 15) is 5.11 Å². The molecule has 0 aliphatic rings. The highest BCUT2D eigenvalue weighted by Crippen LogP contribution is 2.19. The molecule has 6 heteroatoms. The van der Waals surface area contributed by atoms with Gasteiger partial charge in [0.05, 0.1) is 13.2 Å². The predicted octanol–water partition coefficient (Wildman–Crippen LogP) is 0.960. The van der Waals surface area contributed by atoms with E-state index in [1.54, 1.807) is 6.20 Å². The zero-order chi connectivity index (χ0) is 11.7. The van der Waals surface area contributed by atoms with Gasteiger partial charge in [0.25, 0.3) is 0 Å². The second kappa shape index (κ2) is 3.99. The van der Waals surface area contributed by atoms with Crippen molar-refractivity contribution in [3.63, 3.8) is 0 Å². The SMILES string of the molecule is OCc1cn(Cc2ncon2)c2ncccc12. The number of pyridine rings is 1. The van der Waals surface area contributed by atoms with Crippen LogP contribution in [0, 0.1) is 0 Å². The van der Waals surface area contributed by atoms with Gasteiger partial charge in [-0.2, -0.15) is 4.98 Å². The van der Waals surface area contributed by atoms with E-state index < -0.39 is 0 Å². The minimum Gasteiger partial charge on any atom is -0.392 e. The summed E-state index contributed by atoms with van der Waals surface area (Å²) in [5.74, 6) is 0.581. The van der Waals surface area contributed by atoms with Crippen molar-refractivity contribution in [3.05, 3.63) is 42.3 Å². The monoisotopic (exact) mass is 230 g/mol. The molecular weight excluding hydrogens is 220 g/mol. The number of hydrogen-bond donors (Lipinski definition) is 1. The fraction of sp³-hybridized carbons (Fsp3) is 0.182. The van der Waals surface area contributed by atoms with Gasteiger partial charge in [0, 0.05) is 23.3 Å². The van der Waals surface area contributed by atoms with Crippen LogP contribution in [0.4, 0.5) is 0 Å². The normalized spacial score (nSPS) is 11.1. The number of aromatic nitrogens is 4. The fourth-order valence-electron chi connectivity index (χ4n) is 1.86. The van der Waals surface area contributed by atoms with Gasteiger partial charge in [-0.3, -0.25) is 0 Å². The average molecular weight is 230 g/mol. The maximum Gasteiger partial charge on any atom is 0.213 e. The Hall–Kier alpha value is -2.21. The van der Waals surface area contributed by atoms with Crippen molar-refractivity contribution in [3.8, 4) is 0 Å². The second-order valence-corrected chi connectivity index (χ2v) is 3.66. The highest BCUT2D eigenvalue weighted by atomic mass is 16.5. The molecule has 0 aliphatic carbocycles. The van der Waals surface area contributed by atoms with Gasteiger partial charge in [-0.25, -0.2) is 4.98 Å². The summed E-state index contributed by atoms with van der Waals surface area (Å²) < 4.78 is 6.58. The molecule has 0 saturated heterocycles. The van der Waals surface area contributed by atoms with Crippen LogP contribution in [0.2, 0.25) is 0 Å². The van der Waals surface area contributed by atoms with Crippen LogP contribution in [0.15, 0.2) is 35.4 Å². The summed E-state index contributed by atoms with van der Waals surface area (Å²) in [6.45, 7) is 0.464. The second-order valence-electron chi connectivity index (χ2n) is 3.66. The third-order valence-electron chi connectivity index (χ3n) is 2.61. The first-order valence-electron chi connectivity index (χ1n) is 5.17. The van der Waals surface area contributed by atoms with E-state index in [1.807, 2.05) is 22.9 Å². The van der Waals surface area contributed by atoms with Crippen molar-refractivity contribution >= 4 is 11.0 Å². The van der Waals surface area contributed by atoms with Crippen molar-refractivity contribution < 1.29 is 9.63 Å². The van der Waals surface area contributed by atoms with E-state index in [0.717, 1.165) is 16.6 Å². The molecule has 3 aromatic rings. The first-order valence-corrected chi connectivity index (χ1v) is 5.17. The molecule has 6 nitrogen and oxygen atoms in total. The van der Waals surface area contributed by atoms with Crippen molar-refractivity contribution in [1.29, 1.82) is 0 Å². The molecule has 86 valence electrons. The molecule has 0 unspecified atom stereocenters. The Balaban J connectivity index is 2.10. The molecule has 3 rings (SSSR count). The van der Waals surface area contributed by atoms with Crippen molar-refractivity contribution in [2.45, 2.75) is 13.2 Å². The predicted molar refractivity (Wildman–Crippen MR) is 59.1 cm³/mol. The van der Waals surface area contributed by atoms with Gasteiger partial charge < -0.3 is 14.2 Å². The van der Waals surface area contributed by atoms with E-state index in [0.29, 0.717) is 12.4 Å². The molecular formula is C11H10N4O2. The highest BCUT2D eigenvalue weighted by molar-refractivity contribution is 5.80. The standard InChI is InChI=1S/C11H10N4O2/c16-6-8-4-15(5-10-13-7-17-14-10)11-9(8)2-1-3-12-11/h1-4,7,16H,5-6H2. The number of aliphatic hydroxyl groups is 1. The number of aliphatic hydroxyl groups excluding tert-OH is 1. The highest BCUT2D eigenvalue weighted by Gasteiger charge is 2.10. The zero-order valence-electron chi connectivity index (χ0n) is 8.95. The molecule has 3 heterocycles. The Morgan fingerprint density at radius 1 is 1.35 bits per heavy atom. The zero-order valence-corrected chi connectivity index (χ0v) is 8.95. The number of nitrogens with zero attached hydrogens (tertiary/aromatic N) is 4. The lowest BCUT2D eigenvalue weighted by atomic mass is 10.2. The van der Waals surface area contributed by atoms with Crippen molar-refractivity contribution in [2.24, 2.45) is 0 Å². The largest absolute Gasteiger partial charge is 0.392 e. The van der Waals surface area contributed by atoms with Gasteiger partial charge in [-0.05, 0) is 12.1 Å². The number of hydrogen-bond acceptors (Lipinski definition) is 5. The van der Waals surface area contributed by atoms with Crippen LogP contribution in [0.5, 0.6) is 0 Å². The van der Waals surface area contributed by atoms with Gasteiger partial charge in [0.2, 0.25) is 6.39 Å². The first-order chi connectivity index (χ1) is 8.38. The Bertz CT molecular complexity index is 630. The molecule has 0 saturated carbocycles. The lowest BCUT2D eigenvalue weighted by Crippen LogP contribution is -2.00. The summed E-state index contributed by atoms with van der Waals surface area (Å²) in [5.41, 5.74) is 1.65. The molecule has 0 bridgehead atoms. The maximum absolute atomic E-state index is 9.28. The van der Waals surface area contributed by atoms with Crippen molar-refractivity contribution in [2.75, 3.05) is 0 Å². The molecule has 3 aromatic heterocycles. The maximum atomic E-state index is 9.28. The molecule has 0 aromatic carbocycles. The fourth-order valence-corrected chi connectivity index (χ4v) is 1.86. The Morgan fingerprint density at radius 2 is 2.29 bits per heavy atom. The minimum atomic E-state index is -0.0125. The summed E-state index contributed by atoms with van der Waals surface area (Å²) in [4.78, 5) is 8.26. The van der Waals surface area contributed by atoms with E-state index in [2.05, 4.69) is 19.6 Å². The Labute approximate surface area is 96.5 Å². The summed E-state index contributed by atoms with van der Waals surface area (Å²) >= 11 is 0. The molecule has 0 amide bonds. The summed E-state index contributed by atoms with van der Waals surface area (Å²) in [5, 5.41) is 14.0. The summed E-state index contributed by atoms with van der Waals surface area (Å²) in [6, 6.07) is 3.78. The van der Waals surface area contributed by atoms with Crippen LogP contribution in [-0.4, -0.2) is 24.8 Å². The third-order valence-corrected chi connectivity index (χ3v) is 2.61. The Kier molecular flexibility index (Phi) is 2.34. The van der Waals surface area contributed by atoms with Gasteiger partial charge in [0.15, 0.2) is 5.82 Å². The van der Waals surface area contributed by atoms with E-state index in [-0.39, 0.29) is 6.61 Å². The minimum absolute atomic E-state index is 0.0125. The van der Waals surface area contributed by atoms with Crippen LogP contribution in [0.3, 0.4) is 0 Å². The van der Waals surface area contributed by atoms with Crippen LogP contribution in [-0.2, 0) is 13.2 Å². The van der Waals surface area contributed by atoms with Crippen LogP contribution in [0.1, 0.15) is 11.4 Å². The molecule has 17 heavy (non-hydrogen) atoms. The topological polar surface area (TPSA) is 77.0 Å². The van der Waals surface area contributed by atoms with Crippen LogP contribution >= 0.6 is 0 Å². The average Bonchev–Trinajstić information content (AvgIpc) is 2.98. The van der Waals surface area contributed by atoms with E-state index in [1.165, 1.54) is 6.39 Å².